The Kier molecular flexibility index (Phi) is 6.02. The van der Waals surface area contributed by atoms with Gasteiger partial charge in [-0.15, -0.1) is 0 Å². The number of carbonyl (C=O) groups is 2. The minimum absolute atomic E-state index is 0.126. The molecule has 2 N–H and O–H groups in total. The highest BCUT2D eigenvalue weighted by molar-refractivity contribution is 6.07. The summed E-state index contributed by atoms with van der Waals surface area (Å²) in [4.78, 5) is 23.5. The summed E-state index contributed by atoms with van der Waals surface area (Å²) in [7, 11) is 0. The van der Waals surface area contributed by atoms with E-state index in [-0.39, 0.29) is 23.7 Å². The molecule has 0 heterocycles. The first kappa shape index (κ1) is 17.9. The molecule has 0 radical (unpaired) electrons. The van der Waals surface area contributed by atoms with Crippen LogP contribution < -0.4 is 10.6 Å². The number of benzene rings is 2. The molecule has 0 aliphatic rings. The lowest BCUT2D eigenvalue weighted by atomic mass is 10.1. The lowest BCUT2D eigenvalue weighted by Gasteiger charge is -2.07. The Hall–Kier alpha value is -3.46. The van der Waals surface area contributed by atoms with Crippen LogP contribution in [0.1, 0.15) is 22.8 Å². The van der Waals surface area contributed by atoms with E-state index in [2.05, 4.69) is 10.6 Å². The number of nitrogens with zero attached hydrogens (tertiary/aromatic N) is 1. The molecular weight excluding hydrogens is 321 g/mol. The number of anilines is 1. The zero-order chi connectivity index (χ0) is 18.2. The van der Waals surface area contributed by atoms with Gasteiger partial charge in [-0.25, -0.2) is 4.39 Å². The van der Waals surface area contributed by atoms with E-state index in [1.54, 1.807) is 42.5 Å². The predicted molar refractivity (Wildman–Crippen MR) is 92.0 cm³/mol. The lowest BCUT2D eigenvalue weighted by Crippen LogP contribution is -2.17. The minimum Gasteiger partial charge on any atom is -0.385 e. The zero-order valence-electron chi connectivity index (χ0n) is 13.5. The molecule has 1 amide bonds. The van der Waals surface area contributed by atoms with Gasteiger partial charge in [-0.1, -0.05) is 30.3 Å². The van der Waals surface area contributed by atoms with Gasteiger partial charge in [0.2, 0.25) is 0 Å². The largest absolute Gasteiger partial charge is 0.385 e. The second-order valence-electron chi connectivity index (χ2n) is 5.23. The van der Waals surface area contributed by atoms with Crippen LogP contribution in [0, 0.1) is 17.1 Å². The van der Waals surface area contributed by atoms with Gasteiger partial charge in [0.15, 0.2) is 5.78 Å². The van der Waals surface area contributed by atoms with E-state index in [9.17, 15) is 14.0 Å². The molecule has 0 aliphatic carbocycles. The number of hydrogen-bond donors (Lipinski definition) is 2. The fourth-order valence-electron chi connectivity index (χ4n) is 2.07. The highest BCUT2D eigenvalue weighted by Crippen LogP contribution is 2.12. The van der Waals surface area contributed by atoms with Crippen LogP contribution in [-0.2, 0) is 11.3 Å². The Bertz CT molecular complexity index is 869. The third kappa shape index (κ3) is 5.01. The van der Waals surface area contributed by atoms with E-state index in [0.29, 0.717) is 16.8 Å². The monoisotopic (exact) mass is 337 g/mol. The number of ketones is 1. The molecule has 0 spiro atoms. The summed E-state index contributed by atoms with van der Waals surface area (Å²) in [5.74, 6) is -1.12. The van der Waals surface area contributed by atoms with Crippen LogP contribution in [0.5, 0.6) is 0 Å². The van der Waals surface area contributed by atoms with E-state index in [1.165, 1.54) is 25.3 Å². The number of hydrogen-bond acceptors (Lipinski definition) is 4. The smallest absolute Gasteiger partial charge is 0.267 e. The van der Waals surface area contributed by atoms with Gasteiger partial charge in [0.1, 0.15) is 17.5 Å². The summed E-state index contributed by atoms with van der Waals surface area (Å²) in [5, 5.41) is 14.4. The summed E-state index contributed by atoms with van der Waals surface area (Å²) in [6, 6.07) is 14.4. The quantitative estimate of drug-likeness (QED) is 0.482. The molecule has 126 valence electrons. The van der Waals surface area contributed by atoms with E-state index in [1.807, 2.05) is 0 Å². The number of Topliss-reactive ketones (excluding diaryl/α,β-unsaturated/α-hetero) is 1. The highest BCUT2D eigenvalue weighted by Gasteiger charge is 2.10. The number of rotatable bonds is 6. The fraction of sp³-hybridized carbons (Fsp3) is 0.105. The van der Waals surface area contributed by atoms with Crippen LogP contribution in [0.2, 0.25) is 0 Å². The summed E-state index contributed by atoms with van der Waals surface area (Å²) in [6.45, 7) is 1.57. The van der Waals surface area contributed by atoms with E-state index in [0.717, 1.165) is 0 Å². The van der Waals surface area contributed by atoms with Gasteiger partial charge < -0.3 is 10.6 Å². The van der Waals surface area contributed by atoms with Crippen LogP contribution >= 0.6 is 0 Å². The van der Waals surface area contributed by atoms with E-state index >= 15 is 0 Å². The number of amides is 1. The fourth-order valence-corrected chi connectivity index (χ4v) is 2.07. The summed E-state index contributed by atoms with van der Waals surface area (Å²) in [5.41, 5.74) is 1.13. The van der Waals surface area contributed by atoms with Crippen molar-refractivity contribution in [2.45, 2.75) is 13.5 Å². The van der Waals surface area contributed by atoms with Crippen molar-refractivity contribution in [1.82, 2.24) is 5.32 Å². The molecule has 6 heteroatoms. The van der Waals surface area contributed by atoms with Crippen LogP contribution in [0.15, 0.2) is 60.3 Å². The Balaban J connectivity index is 2.03. The molecular formula is C19H16FN3O2. The van der Waals surface area contributed by atoms with E-state index in [4.69, 9.17) is 5.26 Å². The topological polar surface area (TPSA) is 82.0 Å². The SMILES string of the molecule is CC(=O)c1cccc(NC(=O)/C(C#N)=C\NCc2ccccc2F)c1. The minimum atomic E-state index is -0.621. The molecule has 5 nitrogen and oxygen atoms in total. The first-order valence-corrected chi connectivity index (χ1v) is 7.50. The van der Waals surface area contributed by atoms with Crippen LogP contribution in [0.25, 0.3) is 0 Å². The zero-order valence-corrected chi connectivity index (χ0v) is 13.5. The number of carbonyl (C=O) groups excluding carboxylic acids is 2. The first-order valence-electron chi connectivity index (χ1n) is 7.50. The Labute approximate surface area is 144 Å². The Morgan fingerprint density at radius 2 is 1.96 bits per heavy atom. The standard InChI is InChI=1S/C19H16FN3O2/c1-13(24)14-6-4-7-17(9-14)23-19(25)16(10-21)12-22-11-15-5-2-3-8-18(15)20/h2-9,12,22H,11H2,1H3,(H,23,25)/b16-12-. The molecule has 25 heavy (non-hydrogen) atoms. The normalized spacial score (nSPS) is 10.7. The van der Waals surface area contributed by atoms with Crippen molar-refractivity contribution in [3.05, 3.63) is 77.2 Å². The highest BCUT2D eigenvalue weighted by atomic mass is 19.1. The van der Waals surface area contributed by atoms with Crippen molar-refractivity contribution < 1.29 is 14.0 Å². The number of nitrogens with one attached hydrogen (secondary N) is 2. The third-order valence-corrected chi connectivity index (χ3v) is 3.39. The van der Waals surface area contributed by atoms with Crippen molar-refractivity contribution in [2.24, 2.45) is 0 Å². The maximum atomic E-state index is 13.5. The Morgan fingerprint density at radius 3 is 2.64 bits per heavy atom. The average Bonchev–Trinajstić information content (AvgIpc) is 2.60. The second kappa shape index (κ2) is 8.41. The lowest BCUT2D eigenvalue weighted by molar-refractivity contribution is -0.112. The summed E-state index contributed by atoms with van der Waals surface area (Å²) >= 11 is 0. The van der Waals surface area contributed by atoms with Gasteiger partial charge in [-0.05, 0) is 25.1 Å². The maximum absolute atomic E-state index is 13.5. The summed E-state index contributed by atoms with van der Waals surface area (Å²) < 4.78 is 13.5. The molecule has 0 saturated carbocycles. The Morgan fingerprint density at radius 1 is 1.20 bits per heavy atom. The number of halogens is 1. The average molecular weight is 337 g/mol. The molecule has 0 unspecified atom stereocenters. The van der Waals surface area contributed by atoms with Gasteiger partial charge in [0.05, 0.1) is 0 Å². The number of nitriles is 1. The van der Waals surface area contributed by atoms with Gasteiger partial charge in [0, 0.05) is 29.6 Å². The van der Waals surface area contributed by atoms with Gasteiger partial charge in [-0.3, -0.25) is 9.59 Å². The molecule has 0 bridgehead atoms. The molecule has 2 aromatic carbocycles. The van der Waals surface area contributed by atoms with Crippen molar-refractivity contribution in [3.63, 3.8) is 0 Å². The van der Waals surface area contributed by atoms with Crippen LogP contribution in [0.4, 0.5) is 10.1 Å². The van der Waals surface area contributed by atoms with Crippen molar-refractivity contribution in [3.8, 4) is 6.07 Å². The predicted octanol–water partition coefficient (Wildman–Crippen LogP) is 3.16. The van der Waals surface area contributed by atoms with Gasteiger partial charge in [-0.2, -0.15) is 5.26 Å². The van der Waals surface area contributed by atoms with Crippen molar-refractivity contribution >= 4 is 17.4 Å². The molecule has 2 aromatic rings. The molecule has 0 atom stereocenters. The van der Waals surface area contributed by atoms with Gasteiger partial charge in [0.25, 0.3) is 5.91 Å². The van der Waals surface area contributed by atoms with Crippen molar-refractivity contribution in [2.75, 3.05) is 5.32 Å². The third-order valence-electron chi connectivity index (χ3n) is 3.39. The van der Waals surface area contributed by atoms with Gasteiger partial charge >= 0.3 is 0 Å². The molecule has 2 rings (SSSR count). The second-order valence-corrected chi connectivity index (χ2v) is 5.23. The van der Waals surface area contributed by atoms with E-state index < -0.39 is 5.91 Å². The first-order chi connectivity index (χ1) is 12.0. The maximum Gasteiger partial charge on any atom is 0.267 e. The molecule has 0 aromatic heterocycles. The van der Waals surface area contributed by atoms with Crippen LogP contribution in [-0.4, -0.2) is 11.7 Å². The van der Waals surface area contributed by atoms with Crippen LogP contribution in [0.3, 0.4) is 0 Å². The molecule has 0 aliphatic heterocycles. The molecule has 0 fully saturated rings. The summed E-state index contributed by atoms with van der Waals surface area (Å²) in [6.07, 6.45) is 1.23. The van der Waals surface area contributed by atoms with Crippen molar-refractivity contribution in [1.29, 1.82) is 5.26 Å². The molecule has 0 saturated heterocycles.